The highest BCUT2D eigenvalue weighted by Gasteiger charge is 2.32. The van der Waals surface area contributed by atoms with E-state index in [1.165, 1.54) is 12.4 Å². The number of hydrogen-bond acceptors (Lipinski definition) is 7. The summed E-state index contributed by atoms with van der Waals surface area (Å²) in [5.74, 6) is 2.34. The molecule has 46 heavy (non-hydrogen) atoms. The lowest BCUT2D eigenvalue weighted by Gasteiger charge is -2.36. The quantitative estimate of drug-likeness (QED) is 0.157. The Morgan fingerprint density at radius 2 is 1.48 bits per heavy atom. The first kappa shape index (κ1) is 30.4. The van der Waals surface area contributed by atoms with Gasteiger partial charge in [0.15, 0.2) is 23.0 Å². The molecule has 6 rings (SSSR count). The molecular weight excluding hydrogens is 578 g/mol. The Balaban J connectivity index is 1.32. The minimum absolute atomic E-state index is 0.196. The van der Waals surface area contributed by atoms with Crippen LogP contribution >= 0.6 is 0 Å². The lowest BCUT2D eigenvalue weighted by Crippen LogP contribution is -2.39. The van der Waals surface area contributed by atoms with Crippen LogP contribution in [0.25, 0.3) is 6.08 Å². The Hall–Kier alpha value is -5.63. The minimum Gasteiger partial charge on any atom is -0.493 e. The van der Waals surface area contributed by atoms with Crippen molar-refractivity contribution in [3.05, 3.63) is 149 Å². The third-order valence-electron chi connectivity index (χ3n) is 7.88. The molecule has 8 nitrogen and oxygen atoms in total. The first-order chi connectivity index (χ1) is 22.6. The van der Waals surface area contributed by atoms with Crippen molar-refractivity contribution in [2.45, 2.75) is 25.7 Å². The molecule has 4 aromatic carbocycles. The van der Waals surface area contributed by atoms with Gasteiger partial charge in [-0.3, -0.25) is 9.78 Å². The third kappa shape index (κ3) is 7.02. The lowest BCUT2D eigenvalue weighted by molar-refractivity contribution is 0.0694. The van der Waals surface area contributed by atoms with Crippen molar-refractivity contribution in [1.82, 2.24) is 14.9 Å². The maximum Gasteiger partial charge on any atom is 0.274 e. The van der Waals surface area contributed by atoms with Crippen molar-refractivity contribution in [3.63, 3.8) is 0 Å². The zero-order chi connectivity index (χ0) is 31.7. The first-order valence-corrected chi connectivity index (χ1v) is 15.1. The Morgan fingerprint density at radius 1 is 0.804 bits per heavy atom. The van der Waals surface area contributed by atoms with Crippen molar-refractivity contribution in [2.24, 2.45) is 0 Å². The summed E-state index contributed by atoms with van der Waals surface area (Å²) < 4.78 is 23.7. The molecule has 1 aliphatic heterocycles. The monoisotopic (exact) mass is 613 g/mol. The summed E-state index contributed by atoms with van der Waals surface area (Å²) in [7, 11) is 3.25. The van der Waals surface area contributed by atoms with Crippen LogP contribution in [0.5, 0.6) is 23.0 Å². The Bertz CT molecular complexity index is 1800. The number of fused-ring (bicyclic) bond motifs is 1. The molecule has 232 valence electrons. The number of ether oxygens (including phenoxy) is 4. The van der Waals surface area contributed by atoms with E-state index in [4.69, 9.17) is 18.9 Å². The van der Waals surface area contributed by atoms with E-state index in [0.717, 1.165) is 27.8 Å². The maximum absolute atomic E-state index is 13.8. The molecule has 0 N–H and O–H groups in total. The van der Waals surface area contributed by atoms with Gasteiger partial charge in [-0.05, 0) is 58.5 Å². The number of rotatable bonds is 11. The lowest BCUT2D eigenvalue weighted by atomic mass is 9.90. The van der Waals surface area contributed by atoms with E-state index in [2.05, 4.69) is 9.97 Å². The summed E-state index contributed by atoms with van der Waals surface area (Å²) in [6.07, 6.45) is 9.26. The molecule has 8 heteroatoms. The first-order valence-electron chi connectivity index (χ1n) is 15.1. The standard InChI is InChI=1S/C38H35N3O5/c1-43-34-16-14-27(21-36(34)45-25-28-9-5-3-6-10-28)13-15-33-31-23-35(44-2)37(46-26-29-11-7-4-8-12-29)22-30(31)17-20-41(33)38(42)32-24-39-18-19-40-32/h3-16,18-19,21-24,33H,17,20,25-26H2,1-2H3/b15-13+. The van der Waals surface area contributed by atoms with Gasteiger partial charge in [-0.15, -0.1) is 0 Å². The number of carbonyl (C=O) groups is 1. The largest absolute Gasteiger partial charge is 0.493 e. The summed E-state index contributed by atoms with van der Waals surface area (Å²) in [6.45, 7) is 1.33. The second kappa shape index (κ2) is 14.4. The third-order valence-corrected chi connectivity index (χ3v) is 7.88. The second-order valence-corrected chi connectivity index (χ2v) is 10.8. The van der Waals surface area contributed by atoms with Crippen LogP contribution in [0.4, 0.5) is 0 Å². The number of methoxy groups -OCH3 is 2. The van der Waals surface area contributed by atoms with Gasteiger partial charge in [0.2, 0.25) is 0 Å². The summed E-state index contributed by atoms with van der Waals surface area (Å²) in [5, 5.41) is 0. The van der Waals surface area contributed by atoms with Gasteiger partial charge in [0.1, 0.15) is 18.9 Å². The van der Waals surface area contributed by atoms with Crippen molar-refractivity contribution < 1.29 is 23.7 Å². The molecule has 0 saturated heterocycles. The number of carbonyl (C=O) groups excluding carboxylic acids is 1. The van der Waals surface area contributed by atoms with E-state index in [9.17, 15) is 4.79 Å². The SMILES string of the molecule is COc1ccc(/C=C/C2c3cc(OC)c(OCc4ccccc4)cc3CCN2C(=O)c2cnccn2)cc1OCc1ccccc1. The fourth-order valence-electron chi connectivity index (χ4n) is 5.50. The Kier molecular flexibility index (Phi) is 9.54. The van der Waals surface area contributed by atoms with Gasteiger partial charge in [0, 0.05) is 18.9 Å². The van der Waals surface area contributed by atoms with Crippen LogP contribution in [-0.4, -0.2) is 41.5 Å². The highest BCUT2D eigenvalue weighted by molar-refractivity contribution is 5.92. The van der Waals surface area contributed by atoms with Gasteiger partial charge < -0.3 is 23.8 Å². The van der Waals surface area contributed by atoms with Gasteiger partial charge in [-0.2, -0.15) is 0 Å². The predicted molar refractivity (Wildman–Crippen MR) is 176 cm³/mol. The van der Waals surface area contributed by atoms with E-state index in [1.54, 1.807) is 20.4 Å². The zero-order valence-electron chi connectivity index (χ0n) is 25.8. The van der Waals surface area contributed by atoms with Crippen molar-refractivity contribution in [1.29, 1.82) is 0 Å². The van der Waals surface area contributed by atoms with Crippen LogP contribution in [0.3, 0.4) is 0 Å². The Labute approximate surface area is 268 Å². The molecule has 0 saturated carbocycles. The number of benzene rings is 4. The van der Waals surface area contributed by atoms with Gasteiger partial charge >= 0.3 is 0 Å². The van der Waals surface area contributed by atoms with E-state index >= 15 is 0 Å². The average Bonchev–Trinajstić information content (AvgIpc) is 3.12. The van der Waals surface area contributed by atoms with Crippen molar-refractivity contribution >= 4 is 12.0 Å². The van der Waals surface area contributed by atoms with Gasteiger partial charge in [-0.25, -0.2) is 4.98 Å². The van der Waals surface area contributed by atoms with Crippen LogP contribution < -0.4 is 18.9 Å². The topological polar surface area (TPSA) is 83.0 Å². The number of aromatic nitrogens is 2. The molecule has 0 spiro atoms. The smallest absolute Gasteiger partial charge is 0.274 e. The van der Waals surface area contributed by atoms with Crippen LogP contribution in [0.2, 0.25) is 0 Å². The fraction of sp³-hybridized carbons (Fsp3) is 0.184. The molecule has 1 aromatic heterocycles. The summed E-state index contributed by atoms with van der Waals surface area (Å²) in [5.41, 5.74) is 5.36. The second-order valence-electron chi connectivity index (χ2n) is 10.8. The van der Waals surface area contributed by atoms with Crippen molar-refractivity contribution in [3.8, 4) is 23.0 Å². The fourth-order valence-corrected chi connectivity index (χ4v) is 5.50. The van der Waals surface area contributed by atoms with E-state index < -0.39 is 6.04 Å². The zero-order valence-corrected chi connectivity index (χ0v) is 25.8. The molecule has 5 aromatic rings. The average molecular weight is 614 g/mol. The highest BCUT2D eigenvalue weighted by atomic mass is 16.5. The number of amides is 1. The highest BCUT2D eigenvalue weighted by Crippen LogP contribution is 2.40. The van der Waals surface area contributed by atoms with E-state index in [-0.39, 0.29) is 5.91 Å². The van der Waals surface area contributed by atoms with Crippen LogP contribution in [0, 0.1) is 0 Å². The molecule has 0 fully saturated rings. The van der Waals surface area contributed by atoms with Crippen LogP contribution in [0.1, 0.15) is 44.3 Å². The van der Waals surface area contributed by atoms with Gasteiger partial charge in [-0.1, -0.05) is 78.9 Å². The van der Waals surface area contributed by atoms with Crippen LogP contribution in [0.15, 0.2) is 116 Å². The summed E-state index contributed by atoms with van der Waals surface area (Å²) in [6, 6.07) is 29.4. The molecule has 2 heterocycles. The minimum atomic E-state index is -0.397. The molecule has 1 atom stereocenters. The predicted octanol–water partition coefficient (Wildman–Crippen LogP) is 7.10. The van der Waals surface area contributed by atoms with Crippen LogP contribution in [-0.2, 0) is 19.6 Å². The Morgan fingerprint density at radius 3 is 2.11 bits per heavy atom. The van der Waals surface area contributed by atoms with E-state index in [0.29, 0.717) is 54.9 Å². The molecule has 1 aliphatic rings. The van der Waals surface area contributed by atoms with Gasteiger partial charge in [0.05, 0.1) is 26.5 Å². The maximum atomic E-state index is 13.8. The summed E-state index contributed by atoms with van der Waals surface area (Å²) in [4.78, 5) is 24.0. The number of hydrogen-bond donors (Lipinski definition) is 0. The van der Waals surface area contributed by atoms with Crippen molar-refractivity contribution in [2.75, 3.05) is 20.8 Å². The normalized spacial score (nSPS) is 14.0. The molecular formula is C38H35N3O5. The molecule has 0 bridgehead atoms. The summed E-state index contributed by atoms with van der Waals surface area (Å²) >= 11 is 0. The molecule has 1 amide bonds. The van der Waals surface area contributed by atoms with Gasteiger partial charge in [0.25, 0.3) is 5.91 Å². The van der Waals surface area contributed by atoms with E-state index in [1.807, 2.05) is 108 Å². The molecule has 0 radical (unpaired) electrons. The molecule has 0 aliphatic carbocycles. The number of nitrogens with zero attached hydrogens (tertiary/aromatic N) is 3. The molecule has 1 unspecified atom stereocenters.